The molecule has 0 saturated carbocycles. The van der Waals surface area contributed by atoms with Gasteiger partial charge in [-0.15, -0.1) is 0 Å². The summed E-state index contributed by atoms with van der Waals surface area (Å²) in [5.74, 6) is 0.804. The minimum atomic E-state index is -4.54. The Morgan fingerprint density at radius 1 is 1.15 bits per heavy atom. The molecule has 0 spiro atoms. The van der Waals surface area contributed by atoms with Crippen LogP contribution >= 0.6 is 0 Å². The van der Waals surface area contributed by atoms with E-state index in [9.17, 15) is 18.0 Å². The SMILES string of the molecule is Cc1oncc1C(=O)Nc1ccc2[nH]c(-c3cc(-n4ccnc4C)cc(C(F)(F)F)c3)nc2c1. The van der Waals surface area contributed by atoms with Crippen molar-refractivity contribution in [3.05, 3.63) is 77.7 Å². The highest BCUT2D eigenvalue weighted by atomic mass is 19.4. The van der Waals surface area contributed by atoms with Gasteiger partial charge in [0.2, 0.25) is 0 Å². The Hall–Kier alpha value is -4.41. The number of hydrogen-bond donors (Lipinski definition) is 2. The van der Waals surface area contributed by atoms with Crippen LogP contribution in [0.4, 0.5) is 18.9 Å². The van der Waals surface area contributed by atoms with E-state index in [4.69, 9.17) is 4.52 Å². The summed E-state index contributed by atoms with van der Waals surface area (Å²) in [4.78, 5) is 24.0. The van der Waals surface area contributed by atoms with E-state index in [1.54, 1.807) is 48.9 Å². The van der Waals surface area contributed by atoms with Gasteiger partial charge in [0.1, 0.15) is 23.0 Å². The van der Waals surface area contributed by atoms with Crippen molar-refractivity contribution in [1.82, 2.24) is 24.7 Å². The van der Waals surface area contributed by atoms with Crippen LogP contribution in [0.3, 0.4) is 0 Å². The van der Waals surface area contributed by atoms with Crippen LogP contribution in [0.1, 0.15) is 27.5 Å². The third-order valence-electron chi connectivity index (χ3n) is 5.36. The van der Waals surface area contributed by atoms with Crippen molar-refractivity contribution in [1.29, 1.82) is 0 Å². The molecule has 0 unspecified atom stereocenters. The Labute approximate surface area is 190 Å². The number of aromatic nitrogens is 5. The number of hydrogen-bond acceptors (Lipinski definition) is 5. The van der Waals surface area contributed by atoms with Gasteiger partial charge in [-0.25, -0.2) is 9.97 Å². The zero-order valence-electron chi connectivity index (χ0n) is 17.9. The van der Waals surface area contributed by atoms with E-state index in [0.717, 1.165) is 12.1 Å². The van der Waals surface area contributed by atoms with Crippen LogP contribution in [0, 0.1) is 13.8 Å². The molecule has 0 atom stereocenters. The fraction of sp³-hybridized carbons (Fsp3) is 0.130. The zero-order chi connectivity index (χ0) is 24.0. The number of nitrogens with one attached hydrogen (secondary N) is 2. The standard InChI is InChI=1S/C23H17F3N6O2/c1-12-18(11-28-34-12)22(33)29-16-3-4-19-20(10-16)31-21(30-19)14-7-15(23(24,25)26)9-17(8-14)32-6-5-27-13(32)2/h3-11H,1-2H3,(H,29,33)(H,30,31). The van der Waals surface area contributed by atoms with Crippen molar-refractivity contribution >= 4 is 22.6 Å². The van der Waals surface area contributed by atoms with Gasteiger partial charge in [0.05, 0.1) is 22.8 Å². The van der Waals surface area contributed by atoms with E-state index in [1.807, 2.05) is 0 Å². The van der Waals surface area contributed by atoms with E-state index in [0.29, 0.717) is 39.6 Å². The number of anilines is 1. The molecule has 5 rings (SSSR count). The second-order valence-electron chi connectivity index (χ2n) is 7.68. The Bertz CT molecular complexity index is 1530. The molecule has 0 aliphatic rings. The normalized spacial score (nSPS) is 11.8. The smallest absolute Gasteiger partial charge is 0.361 e. The molecule has 0 saturated heterocycles. The van der Waals surface area contributed by atoms with Gasteiger partial charge in [0.15, 0.2) is 0 Å². The van der Waals surface area contributed by atoms with Crippen LogP contribution in [-0.2, 0) is 6.18 Å². The third-order valence-corrected chi connectivity index (χ3v) is 5.36. The van der Waals surface area contributed by atoms with Crippen molar-refractivity contribution in [3.8, 4) is 17.1 Å². The van der Waals surface area contributed by atoms with Crippen LogP contribution in [-0.4, -0.2) is 30.6 Å². The largest absolute Gasteiger partial charge is 0.416 e. The van der Waals surface area contributed by atoms with Gasteiger partial charge in [-0.05, 0) is 50.2 Å². The van der Waals surface area contributed by atoms with Crippen molar-refractivity contribution in [2.75, 3.05) is 5.32 Å². The van der Waals surface area contributed by atoms with Crippen molar-refractivity contribution in [3.63, 3.8) is 0 Å². The lowest BCUT2D eigenvalue weighted by molar-refractivity contribution is -0.137. The molecule has 2 N–H and O–H groups in total. The minimum absolute atomic E-state index is 0.262. The summed E-state index contributed by atoms with van der Waals surface area (Å²) in [5, 5.41) is 6.32. The van der Waals surface area contributed by atoms with Crippen molar-refractivity contribution < 1.29 is 22.5 Å². The number of amides is 1. The average molecular weight is 466 g/mol. The molecule has 34 heavy (non-hydrogen) atoms. The van der Waals surface area contributed by atoms with E-state index >= 15 is 0 Å². The first-order valence-corrected chi connectivity index (χ1v) is 10.1. The number of aryl methyl sites for hydroxylation is 2. The fourth-order valence-electron chi connectivity index (χ4n) is 3.64. The predicted molar refractivity (Wildman–Crippen MR) is 118 cm³/mol. The third kappa shape index (κ3) is 3.91. The molecule has 11 heteroatoms. The monoisotopic (exact) mass is 466 g/mol. The van der Waals surface area contributed by atoms with Crippen LogP contribution in [0.15, 0.2) is 59.5 Å². The van der Waals surface area contributed by atoms with Crippen molar-refractivity contribution in [2.24, 2.45) is 0 Å². The summed E-state index contributed by atoms with van der Waals surface area (Å²) >= 11 is 0. The number of alkyl halides is 3. The second kappa shape index (κ2) is 7.87. The lowest BCUT2D eigenvalue weighted by Crippen LogP contribution is -2.11. The Morgan fingerprint density at radius 2 is 1.97 bits per heavy atom. The number of imidazole rings is 2. The molecule has 0 radical (unpaired) electrons. The van der Waals surface area contributed by atoms with Gasteiger partial charge in [-0.3, -0.25) is 4.79 Å². The molecule has 0 fully saturated rings. The van der Waals surface area contributed by atoms with Crippen LogP contribution in [0.2, 0.25) is 0 Å². The lowest BCUT2D eigenvalue weighted by atomic mass is 10.1. The first kappa shape index (κ1) is 21.4. The molecule has 2 aromatic carbocycles. The van der Waals surface area contributed by atoms with E-state index < -0.39 is 17.6 Å². The molecular weight excluding hydrogens is 449 g/mol. The number of fused-ring (bicyclic) bond motifs is 1. The highest BCUT2D eigenvalue weighted by Gasteiger charge is 2.32. The van der Waals surface area contributed by atoms with Gasteiger partial charge < -0.3 is 19.4 Å². The molecule has 3 aromatic heterocycles. The summed E-state index contributed by atoms with van der Waals surface area (Å²) in [7, 11) is 0. The van der Waals surface area contributed by atoms with Gasteiger partial charge in [-0.1, -0.05) is 5.16 Å². The summed E-state index contributed by atoms with van der Waals surface area (Å²) in [5.41, 5.74) is 1.63. The lowest BCUT2D eigenvalue weighted by Gasteiger charge is -2.13. The Balaban J connectivity index is 1.53. The second-order valence-corrected chi connectivity index (χ2v) is 7.68. The summed E-state index contributed by atoms with van der Waals surface area (Å²) in [6.07, 6.45) is -0.0986. The minimum Gasteiger partial charge on any atom is -0.361 e. The zero-order valence-corrected chi connectivity index (χ0v) is 17.9. The first-order chi connectivity index (χ1) is 16.2. The number of aromatic amines is 1. The van der Waals surface area contributed by atoms with Crippen LogP contribution in [0.5, 0.6) is 0 Å². The maximum atomic E-state index is 13.6. The fourth-order valence-corrected chi connectivity index (χ4v) is 3.64. The predicted octanol–water partition coefficient (Wildman–Crippen LogP) is 5.29. The number of H-pyrrole nitrogens is 1. The average Bonchev–Trinajstić information content (AvgIpc) is 3.51. The summed E-state index contributed by atoms with van der Waals surface area (Å²) < 4.78 is 47.3. The first-order valence-electron chi connectivity index (χ1n) is 10.1. The van der Waals surface area contributed by atoms with Crippen LogP contribution < -0.4 is 5.32 Å². The molecule has 172 valence electrons. The molecule has 0 bridgehead atoms. The van der Waals surface area contributed by atoms with Crippen molar-refractivity contribution in [2.45, 2.75) is 20.0 Å². The molecule has 5 aromatic rings. The van der Waals surface area contributed by atoms with E-state index in [1.165, 1.54) is 12.4 Å². The topological polar surface area (TPSA) is 102 Å². The molecule has 0 aliphatic carbocycles. The molecule has 3 heterocycles. The maximum Gasteiger partial charge on any atom is 0.416 e. The van der Waals surface area contributed by atoms with Gasteiger partial charge >= 0.3 is 6.18 Å². The molecular formula is C23H17F3N6O2. The molecule has 1 amide bonds. The Morgan fingerprint density at radius 3 is 2.65 bits per heavy atom. The number of nitrogens with zero attached hydrogens (tertiary/aromatic N) is 4. The quantitative estimate of drug-likeness (QED) is 0.375. The van der Waals surface area contributed by atoms with Gasteiger partial charge in [-0.2, -0.15) is 13.2 Å². The van der Waals surface area contributed by atoms with Gasteiger partial charge in [0, 0.05) is 29.3 Å². The maximum absolute atomic E-state index is 13.6. The molecule has 0 aliphatic heterocycles. The Kier molecular flexibility index (Phi) is 4.96. The number of benzene rings is 2. The number of carbonyl (C=O) groups is 1. The number of rotatable bonds is 4. The summed E-state index contributed by atoms with van der Waals surface area (Å²) in [6.45, 7) is 3.33. The number of carbonyl (C=O) groups excluding carboxylic acids is 1. The van der Waals surface area contributed by atoms with E-state index in [2.05, 4.69) is 25.4 Å². The molecule has 8 nitrogen and oxygen atoms in total. The summed E-state index contributed by atoms with van der Waals surface area (Å²) in [6, 6.07) is 8.71. The van der Waals surface area contributed by atoms with E-state index in [-0.39, 0.29) is 11.4 Å². The van der Waals surface area contributed by atoms with Gasteiger partial charge in [0.25, 0.3) is 5.91 Å². The highest BCUT2D eigenvalue weighted by molar-refractivity contribution is 6.05. The highest BCUT2D eigenvalue weighted by Crippen LogP contribution is 2.34. The van der Waals surface area contributed by atoms with Crippen LogP contribution in [0.25, 0.3) is 28.1 Å². The number of halogens is 3.